The van der Waals surface area contributed by atoms with Crippen molar-refractivity contribution in [2.24, 2.45) is 4.99 Å². The first kappa shape index (κ1) is 9.05. The van der Waals surface area contributed by atoms with Gasteiger partial charge in [-0.2, -0.15) is 0 Å². The third-order valence-electron chi connectivity index (χ3n) is 2.11. The molecule has 0 bridgehead atoms. The number of guanidine groups is 1. The highest BCUT2D eigenvalue weighted by Crippen LogP contribution is 1.93. The van der Waals surface area contributed by atoms with Crippen LogP contribution in [0.3, 0.4) is 0 Å². The maximum absolute atomic E-state index is 4.24. The molecule has 3 N–H and O–H groups in total. The molecule has 0 fully saturated rings. The lowest BCUT2D eigenvalue weighted by Gasteiger charge is -2.04. The van der Waals surface area contributed by atoms with Gasteiger partial charge in [0.15, 0.2) is 5.96 Å². The van der Waals surface area contributed by atoms with Crippen LogP contribution >= 0.6 is 0 Å². The molecule has 2 heterocycles. The van der Waals surface area contributed by atoms with Gasteiger partial charge in [0.25, 0.3) is 0 Å². The number of aliphatic imine (C=N–C) groups is 1. The van der Waals surface area contributed by atoms with E-state index in [1.807, 2.05) is 6.20 Å². The number of hydrogen-bond donors (Lipinski definition) is 3. The number of nitrogens with one attached hydrogen (secondary N) is 3. The number of imidazole rings is 1. The average molecular weight is 193 g/mol. The molecule has 0 spiro atoms. The molecule has 2 rings (SSSR count). The molecule has 0 unspecified atom stereocenters. The molecule has 1 aromatic heterocycles. The largest absolute Gasteiger partial charge is 0.356 e. The highest BCUT2D eigenvalue weighted by molar-refractivity contribution is 5.81. The fraction of sp³-hybridized carbons (Fsp3) is 0.556. The van der Waals surface area contributed by atoms with E-state index in [9.17, 15) is 0 Å². The predicted molar refractivity (Wildman–Crippen MR) is 55.2 cm³/mol. The fourth-order valence-electron chi connectivity index (χ4n) is 1.41. The summed E-state index contributed by atoms with van der Waals surface area (Å²) in [5.41, 5.74) is 0. The SMILES string of the molecule is c1c[nH]c(CCCNC2=NCCN2)n1. The Morgan fingerprint density at radius 2 is 2.50 bits per heavy atom. The Morgan fingerprint density at radius 1 is 1.50 bits per heavy atom. The second kappa shape index (κ2) is 4.64. The molecule has 76 valence electrons. The Balaban J connectivity index is 1.59. The van der Waals surface area contributed by atoms with Crippen LogP contribution in [0.1, 0.15) is 12.2 Å². The van der Waals surface area contributed by atoms with E-state index in [1.165, 1.54) is 0 Å². The molecule has 0 aromatic carbocycles. The summed E-state index contributed by atoms with van der Waals surface area (Å²) in [5.74, 6) is 1.98. The van der Waals surface area contributed by atoms with Gasteiger partial charge >= 0.3 is 0 Å². The minimum atomic E-state index is 0.889. The van der Waals surface area contributed by atoms with Gasteiger partial charge < -0.3 is 15.6 Å². The molecule has 5 nitrogen and oxygen atoms in total. The number of rotatable bonds is 4. The molecule has 0 aliphatic carbocycles. The molecule has 0 atom stereocenters. The van der Waals surface area contributed by atoms with Gasteiger partial charge in [0.1, 0.15) is 5.82 Å². The molecular weight excluding hydrogens is 178 g/mol. The first-order valence-electron chi connectivity index (χ1n) is 4.95. The molecule has 14 heavy (non-hydrogen) atoms. The monoisotopic (exact) mass is 193 g/mol. The summed E-state index contributed by atoms with van der Waals surface area (Å²) in [4.78, 5) is 11.5. The summed E-state index contributed by atoms with van der Waals surface area (Å²) in [6, 6.07) is 0. The Bertz CT molecular complexity index is 290. The standard InChI is InChI=1S/C9H15N5/c1(2-8-10-4-5-11-8)3-12-9-13-6-7-14-9/h4-5H,1-3,6-7H2,(H,10,11)(H2,12,13,14). The van der Waals surface area contributed by atoms with E-state index in [-0.39, 0.29) is 0 Å². The Hall–Kier alpha value is -1.52. The molecule has 1 aliphatic rings. The van der Waals surface area contributed by atoms with Crippen LogP contribution in [0.25, 0.3) is 0 Å². The van der Waals surface area contributed by atoms with Crippen LogP contribution in [0, 0.1) is 0 Å². The fourth-order valence-corrected chi connectivity index (χ4v) is 1.41. The van der Waals surface area contributed by atoms with E-state index in [1.54, 1.807) is 6.20 Å². The van der Waals surface area contributed by atoms with Gasteiger partial charge in [-0.3, -0.25) is 4.99 Å². The first-order valence-corrected chi connectivity index (χ1v) is 4.95. The zero-order chi connectivity index (χ0) is 9.64. The smallest absolute Gasteiger partial charge is 0.191 e. The maximum Gasteiger partial charge on any atom is 0.191 e. The van der Waals surface area contributed by atoms with Gasteiger partial charge in [-0.25, -0.2) is 4.98 Å². The summed E-state index contributed by atoms with van der Waals surface area (Å²) >= 11 is 0. The second-order valence-corrected chi connectivity index (χ2v) is 3.22. The molecule has 0 radical (unpaired) electrons. The van der Waals surface area contributed by atoms with Crippen molar-refractivity contribution in [3.8, 4) is 0 Å². The summed E-state index contributed by atoms with van der Waals surface area (Å²) < 4.78 is 0. The zero-order valence-electron chi connectivity index (χ0n) is 8.08. The number of aryl methyl sites for hydroxylation is 1. The molecule has 1 aromatic rings. The van der Waals surface area contributed by atoms with Crippen LogP contribution in [0.5, 0.6) is 0 Å². The van der Waals surface area contributed by atoms with E-state index in [0.717, 1.165) is 44.3 Å². The highest BCUT2D eigenvalue weighted by Gasteiger charge is 2.02. The number of aromatic nitrogens is 2. The third-order valence-corrected chi connectivity index (χ3v) is 2.11. The molecule has 5 heteroatoms. The van der Waals surface area contributed by atoms with Crippen LogP contribution in [-0.2, 0) is 6.42 Å². The maximum atomic E-state index is 4.24. The van der Waals surface area contributed by atoms with E-state index in [0.29, 0.717) is 0 Å². The van der Waals surface area contributed by atoms with E-state index in [2.05, 4.69) is 25.6 Å². The van der Waals surface area contributed by atoms with E-state index < -0.39 is 0 Å². The highest BCUT2D eigenvalue weighted by atomic mass is 15.2. The van der Waals surface area contributed by atoms with E-state index >= 15 is 0 Å². The van der Waals surface area contributed by atoms with Crippen molar-refractivity contribution in [1.82, 2.24) is 20.6 Å². The predicted octanol–water partition coefficient (Wildman–Crippen LogP) is -0.109. The molecule has 1 aliphatic heterocycles. The minimum Gasteiger partial charge on any atom is -0.356 e. The van der Waals surface area contributed by atoms with Crippen molar-refractivity contribution in [2.75, 3.05) is 19.6 Å². The van der Waals surface area contributed by atoms with Crippen LogP contribution in [0.15, 0.2) is 17.4 Å². The van der Waals surface area contributed by atoms with Gasteiger partial charge in [-0.1, -0.05) is 0 Å². The summed E-state index contributed by atoms with van der Waals surface area (Å²) in [7, 11) is 0. The van der Waals surface area contributed by atoms with Gasteiger partial charge in [0.2, 0.25) is 0 Å². The first-order chi connectivity index (χ1) is 6.95. The Morgan fingerprint density at radius 3 is 3.21 bits per heavy atom. The summed E-state index contributed by atoms with van der Waals surface area (Å²) in [6.07, 6.45) is 5.68. The van der Waals surface area contributed by atoms with Crippen molar-refractivity contribution < 1.29 is 0 Å². The van der Waals surface area contributed by atoms with Gasteiger partial charge in [0.05, 0.1) is 6.54 Å². The second-order valence-electron chi connectivity index (χ2n) is 3.22. The third kappa shape index (κ3) is 2.48. The lowest BCUT2D eigenvalue weighted by molar-refractivity contribution is 0.738. The van der Waals surface area contributed by atoms with Crippen molar-refractivity contribution in [1.29, 1.82) is 0 Å². The van der Waals surface area contributed by atoms with E-state index in [4.69, 9.17) is 0 Å². The Labute approximate surface area is 83.0 Å². The van der Waals surface area contributed by atoms with Crippen LogP contribution in [0.4, 0.5) is 0 Å². The summed E-state index contributed by atoms with van der Waals surface area (Å²) in [5, 5.41) is 6.41. The molecular formula is C9H15N5. The van der Waals surface area contributed by atoms with Crippen molar-refractivity contribution in [3.63, 3.8) is 0 Å². The lowest BCUT2D eigenvalue weighted by Crippen LogP contribution is -2.34. The number of hydrogen-bond acceptors (Lipinski definition) is 4. The lowest BCUT2D eigenvalue weighted by atomic mass is 10.3. The minimum absolute atomic E-state index is 0.889. The average Bonchev–Trinajstić information content (AvgIpc) is 2.86. The van der Waals surface area contributed by atoms with Crippen LogP contribution in [0.2, 0.25) is 0 Å². The number of nitrogens with zero attached hydrogens (tertiary/aromatic N) is 2. The molecule has 0 amide bonds. The zero-order valence-corrected chi connectivity index (χ0v) is 8.08. The quantitative estimate of drug-likeness (QED) is 0.585. The van der Waals surface area contributed by atoms with Gasteiger partial charge in [-0.05, 0) is 6.42 Å². The number of H-pyrrole nitrogens is 1. The van der Waals surface area contributed by atoms with Crippen molar-refractivity contribution >= 4 is 5.96 Å². The van der Waals surface area contributed by atoms with Crippen LogP contribution < -0.4 is 10.6 Å². The van der Waals surface area contributed by atoms with Crippen molar-refractivity contribution in [3.05, 3.63) is 18.2 Å². The van der Waals surface area contributed by atoms with Crippen LogP contribution in [-0.4, -0.2) is 35.6 Å². The molecule has 0 saturated carbocycles. The van der Waals surface area contributed by atoms with Crippen molar-refractivity contribution in [2.45, 2.75) is 12.8 Å². The molecule has 0 saturated heterocycles. The van der Waals surface area contributed by atoms with Gasteiger partial charge in [-0.15, -0.1) is 0 Å². The topological polar surface area (TPSA) is 65.1 Å². The van der Waals surface area contributed by atoms with Gasteiger partial charge in [0, 0.05) is 31.9 Å². The summed E-state index contributed by atoms with van der Waals surface area (Å²) in [6.45, 7) is 2.79. The normalized spacial score (nSPS) is 15.0. The Kier molecular flexibility index (Phi) is 3.00. The number of aromatic amines is 1.